The van der Waals surface area contributed by atoms with Crippen LogP contribution in [0.25, 0.3) is 0 Å². The summed E-state index contributed by atoms with van der Waals surface area (Å²) in [7, 11) is 0. The first-order valence-corrected chi connectivity index (χ1v) is 5.86. The van der Waals surface area contributed by atoms with Crippen LogP contribution in [0.15, 0.2) is 3.79 Å². The molecule has 0 atom stereocenters. The minimum atomic E-state index is -0.0910. The first kappa shape index (κ1) is 11.7. The third-order valence-electron chi connectivity index (χ3n) is 1.58. The molecular formula is C9H13BrN2OS. The molecule has 5 heteroatoms. The fourth-order valence-corrected chi connectivity index (χ4v) is 3.06. The van der Waals surface area contributed by atoms with Gasteiger partial charge in [-0.1, -0.05) is 32.1 Å². The van der Waals surface area contributed by atoms with E-state index in [1.807, 2.05) is 0 Å². The van der Waals surface area contributed by atoms with Crippen LogP contribution in [-0.4, -0.2) is 10.9 Å². The van der Waals surface area contributed by atoms with Crippen molar-refractivity contribution in [2.45, 2.75) is 33.1 Å². The van der Waals surface area contributed by atoms with Gasteiger partial charge >= 0.3 is 0 Å². The first-order valence-electron chi connectivity index (χ1n) is 4.25. The number of nitrogens with zero attached hydrogens (tertiary/aromatic N) is 1. The summed E-state index contributed by atoms with van der Waals surface area (Å²) in [4.78, 5) is 15.2. The van der Waals surface area contributed by atoms with E-state index >= 15 is 0 Å². The number of amides is 1. The predicted molar refractivity (Wildman–Crippen MR) is 62.8 cm³/mol. The molecule has 0 saturated carbocycles. The Morgan fingerprint density at radius 1 is 1.50 bits per heavy atom. The van der Waals surface area contributed by atoms with Gasteiger partial charge in [0, 0.05) is 12.3 Å². The third-order valence-corrected chi connectivity index (χ3v) is 3.20. The van der Waals surface area contributed by atoms with Gasteiger partial charge in [0.15, 0.2) is 5.13 Å². The number of aromatic nitrogens is 1. The summed E-state index contributed by atoms with van der Waals surface area (Å²) >= 11 is 4.89. The van der Waals surface area contributed by atoms with Crippen LogP contribution in [0.5, 0.6) is 0 Å². The number of hydrogen-bond acceptors (Lipinski definition) is 3. The summed E-state index contributed by atoms with van der Waals surface area (Å²) in [6.45, 7) is 7.74. The highest BCUT2D eigenvalue weighted by Gasteiger charge is 2.22. The summed E-state index contributed by atoms with van der Waals surface area (Å²) in [5.74, 6) is -0.0910. The van der Waals surface area contributed by atoms with E-state index in [4.69, 9.17) is 0 Å². The zero-order valence-electron chi connectivity index (χ0n) is 8.64. The van der Waals surface area contributed by atoms with Crippen molar-refractivity contribution in [3.05, 3.63) is 9.48 Å². The van der Waals surface area contributed by atoms with Crippen LogP contribution in [0.1, 0.15) is 33.4 Å². The molecule has 1 amide bonds. The molecule has 0 bridgehead atoms. The quantitative estimate of drug-likeness (QED) is 0.856. The maximum absolute atomic E-state index is 10.8. The van der Waals surface area contributed by atoms with Crippen LogP contribution in [-0.2, 0) is 10.2 Å². The topological polar surface area (TPSA) is 42.0 Å². The molecule has 0 unspecified atom stereocenters. The number of hydrogen-bond donors (Lipinski definition) is 1. The molecule has 14 heavy (non-hydrogen) atoms. The Labute approximate surface area is 96.1 Å². The second-order valence-corrected chi connectivity index (χ2v) is 6.39. The number of carbonyl (C=O) groups excluding carboxylic acids is 1. The van der Waals surface area contributed by atoms with E-state index in [9.17, 15) is 4.79 Å². The number of rotatable bonds is 1. The van der Waals surface area contributed by atoms with Crippen molar-refractivity contribution in [2.24, 2.45) is 0 Å². The molecule has 78 valence electrons. The van der Waals surface area contributed by atoms with Crippen LogP contribution >= 0.6 is 27.3 Å². The van der Waals surface area contributed by atoms with Crippen molar-refractivity contribution < 1.29 is 4.79 Å². The Morgan fingerprint density at radius 2 is 2.07 bits per heavy atom. The van der Waals surface area contributed by atoms with E-state index in [0.29, 0.717) is 5.13 Å². The molecule has 0 aliphatic heterocycles. The lowest BCUT2D eigenvalue weighted by Crippen LogP contribution is -2.13. The minimum Gasteiger partial charge on any atom is -0.302 e. The number of nitrogens with one attached hydrogen (secondary N) is 1. The van der Waals surface area contributed by atoms with Crippen molar-refractivity contribution in [2.75, 3.05) is 5.32 Å². The summed E-state index contributed by atoms with van der Waals surface area (Å²) < 4.78 is 0.980. The summed E-state index contributed by atoms with van der Waals surface area (Å²) in [5, 5.41) is 3.32. The maximum Gasteiger partial charge on any atom is 0.223 e. The number of halogens is 1. The van der Waals surface area contributed by atoms with E-state index < -0.39 is 0 Å². The normalized spacial score (nSPS) is 11.5. The van der Waals surface area contributed by atoms with Crippen molar-refractivity contribution in [1.82, 2.24) is 4.98 Å². The van der Waals surface area contributed by atoms with Gasteiger partial charge < -0.3 is 5.32 Å². The third kappa shape index (κ3) is 2.78. The molecule has 3 nitrogen and oxygen atoms in total. The first-order chi connectivity index (χ1) is 6.30. The van der Waals surface area contributed by atoms with E-state index in [1.54, 1.807) is 0 Å². The number of anilines is 1. The van der Waals surface area contributed by atoms with Gasteiger partial charge in [0.2, 0.25) is 5.91 Å². The number of thiazole rings is 1. The van der Waals surface area contributed by atoms with Crippen LogP contribution in [0.3, 0.4) is 0 Å². The van der Waals surface area contributed by atoms with Crippen LogP contribution in [0.2, 0.25) is 0 Å². The maximum atomic E-state index is 10.8. The lowest BCUT2D eigenvalue weighted by atomic mass is 9.93. The smallest absolute Gasteiger partial charge is 0.223 e. The highest BCUT2D eigenvalue weighted by molar-refractivity contribution is 9.11. The Hall–Kier alpha value is -0.420. The lowest BCUT2D eigenvalue weighted by Gasteiger charge is -2.15. The molecule has 0 spiro atoms. The molecule has 0 saturated heterocycles. The zero-order chi connectivity index (χ0) is 10.9. The van der Waals surface area contributed by atoms with E-state index in [2.05, 4.69) is 47.0 Å². The van der Waals surface area contributed by atoms with Gasteiger partial charge in [0.25, 0.3) is 0 Å². The summed E-state index contributed by atoms with van der Waals surface area (Å²) in [6.07, 6.45) is 0. The molecule has 1 rings (SSSR count). The molecule has 1 N–H and O–H groups in total. The van der Waals surface area contributed by atoms with Gasteiger partial charge in [-0.3, -0.25) is 4.79 Å². The lowest BCUT2D eigenvalue weighted by molar-refractivity contribution is -0.114. The molecule has 0 radical (unpaired) electrons. The molecule has 0 aromatic carbocycles. The highest BCUT2D eigenvalue weighted by atomic mass is 79.9. The van der Waals surface area contributed by atoms with Crippen LogP contribution < -0.4 is 5.32 Å². The van der Waals surface area contributed by atoms with Crippen LogP contribution in [0.4, 0.5) is 5.13 Å². The summed E-state index contributed by atoms with van der Waals surface area (Å²) in [5.41, 5.74) is 0.970. The van der Waals surface area contributed by atoms with Gasteiger partial charge in [0.1, 0.15) is 0 Å². The molecular weight excluding hydrogens is 264 g/mol. The largest absolute Gasteiger partial charge is 0.302 e. The van der Waals surface area contributed by atoms with Gasteiger partial charge in [-0.15, -0.1) is 0 Å². The summed E-state index contributed by atoms with van der Waals surface area (Å²) in [6, 6.07) is 0. The Morgan fingerprint density at radius 3 is 2.43 bits per heavy atom. The average Bonchev–Trinajstić information content (AvgIpc) is 2.27. The molecule has 0 fully saturated rings. The molecule has 1 heterocycles. The molecule has 1 aromatic rings. The average molecular weight is 277 g/mol. The van der Waals surface area contributed by atoms with Crippen molar-refractivity contribution in [3.63, 3.8) is 0 Å². The van der Waals surface area contributed by atoms with E-state index in [0.717, 1.165) is 9.48 Å². The van der Waals surface area contributed by atoms with Crippen molar-refractivity contribution in [3.8, 4) is 0 Å². The Bertz CT molecular complexity index is 354. The SMILES string of the molecule is CC(=O)Nc1nc(C(C)(C)C)c(Br)s1. The second-order valence-electron chi connectivity index (χ2n) is 4.07. The zero-order valence-corrected chi connectivity index (χ0v) is 11.0. The fraction of sp³-hybridized carbons (Fsp3) is 0.556. The monoisotopic (exact) mass is 276 g/mol. The Kier molecular flexibility index (Phi) is 3.32. The van der Waals surface area contributed by atoms with Gasteiger partial charge in [0.05, 0.1) is 9.48 Å². The molecule has 1 aromatic heterocycles. The van der Waals surface area contributed by atoms with E-state index in [-0.39, 0.29) is 11.3 Å². The minimum absolute atomic E-state index is 0.00788. The van der Waals surface area contributed by atoms with E-state index in [1.165, 1.54) is 18.3 Å². The predicted octanol–water partition coefficient (Wildman–Crippen LogP) is 3.16. The standard InChI is InChI=1S/C9H13BrN2OS/c1-5(13)11-8-12-6(7(10)14-8)9(2,3)4/h1-4H3,(H,11,12,13). The highest BCUT2D eigenvalue weighted by Crippen LogP contribution is 2.35. The van der Waals surface area contributed by atoms with Gasteiger partial charge in [-0.2, -0.15) is 0 Å². The van der Waals surface area contributed by atoms with Crippen molar-refractivity contribution >= 4 is 38.3 Å². The van der Waals surface area contributed by atoms with Gasteiger partial charge in [-0.25, -0.2) is 4.98 Å². The molecule has 0 aliphatic rings. The van der Waals surface area contributed by atoms with Crippen LogP contribution in [0, 0.1) is 0 Å². The second kappa shape index (κ2) is 3.98. The Balaban J connectivity index is 2.99. The molecule has 0 aliphatic carbocycles. The fourth-order valence-electron chi connectivity index (χ4n) is 0.968. The van der Waals surface area contributed by atoms with Gasteiger partial charge in [-0.05, 0) is 15.9 Å². The number of carbonyl (C=O) groups is 1. The van der Waals surface area contributed by atoms with Crippen molar-refractivity contribution in [1.29, 1.82) is 0 Å².